The summed E-state index contributed by atoms with van der Waals surface area (Å²) in [6.07, 6.45) is 4.40. The van der Waals surface area contributed by atoms with Gasteiger partial charge in [-0.1, -0.05) is 12.1 Å². The van der Waals surface area contributed by atoms with Gasteiger partial charge in [-0.2, -0.15) is 5.26 Å². The van der Waals surface area contributed by atoms with Crippen LogP contribution in [0.2, 0.25) is 0 Å². The molecular formula is C28H27FN6OS. The van der Waals surface area contributed by atoms with Crippen LogP contribution in [0.15, 0.2) is 53.5 Å². The molecule has 1 saturated heterocycles. The molecule has 1 saturated carbocycles. The van der Waals surface area contributed by atoms with Gasteiger partial charge < -0.3 is 9.47 Å². The largest absolute Gasteiger partial charge is 0.364 e. The van der Waals surface area contributed by atoms with Gasteiger partial charge in [0.15, 0.2) is 0 Å². The first kappa shape index (κ1) is 23.8. The summed E-state index contributed by atoms with van der Waals surface area (Å²) in [5.41, 5.74) is 3.39. The Morgan fingerprint density at radius 2 is 1.95 bits per heavy atom. The van der Waals surface area contributed by atoms with Gasteiger partial charge in [-0.25, -0.2) is 14.4 Å². The second kappa shape index (κ2) is 9.36. The van der Waals surface area contributed by atoms with Crippen LogP contribution in [0.25, 0.3) is 11.0 Å². The first-order valence-electron chi connectivity index (χ1n) is 12.6. The second-order valence-corrected chi connectivity index (χ2v) is 11.1. The molecule has 0 N–H and O–H groups in total. The van der Waals surface area contributed by atoms with E-state index in [2.05, 4.69) is 27.8 Å². The molecular weight excluding hydrogens is 487 g/mol. The van der Waals surface area contributed by atoms with Crippen molar-refractivity contribution in [1.82, 2.24) is 19.4 Å². The Hall–Kier alpha value is -3.61. The number of rotatable bonds is 5. The van der Waals surface area contributed by atoms with Gasteiger partial charge in [-0.05, 0) is 49.6 Å². The third-order valence-electron chi connectivity index (χ3n) is 7.44. The van der Waals surface area contributed by atoms with E-state index in [9.17, 15) is 14.4 Å². The Balaban J connectivity index is 1.34. The third-order valence-corrected chi connectivity index (χ3v) is 8.65. The van der Waals surface area contributed by atoms with E-state index in [1.165, 1.54) is 34.9 Å². The maximum absolute atomic E-state index is 13.8. The summed E-state index contributed by atoms with van der Waals surface area (Å²) in [7, 11) is 1.72. The lowest BCUT2D eigenvalue weighted by Gasteiger charge is -2.44. The van der Waals surface area contributed by atoms with Crippen LogP contribution in [0.4, 0.5) is 10.1 Å². The van der Waals surface area contributed by atoms with Gasteiger partial charge in [0.1, 0.15) is 23.1 Å². The van der Waals surface area contributed by atoms with Crippen molar-refractivity contribution in [2.75, 3.05) is 24.5 Å². The van der Waals surface area contributed by atoms with Crippen LogP contribution >= 0.6 is 11.3 Å². The summed E-state index contributed by atoms with van der Waals surface area (Å²) in [6.45, 7) is 4.33. The molecule has 1 aliphatic heterocycles. The minimum absolute atomic E-state index is 0.0149. The molecule has 0 spiro atoms. The lowest BCUT2D eigenvalue weighted by Crippen LogP contribution is -2.53. The highest BCUT2D eigenvalue weighted by molar-refractivity contribution is 7.11. The van der Waals surface area contributed by atoms with Crippen molar-refractivity contribution in [1.29, 1.82) is 5.26 Å². The summed E-state index contributed by atoms with van der Waals surface area (Å²) in [4.78, 5) is 27.9. The second-order valence-electron chi connectivity index (χ2n) is 9.97. The zero-order valence-corrected chi connectivity index (χ0v) is 21.6. The number of nitriles is 1. The van der Waals surface area contributed by atoms with Gasteiger partial charge >= 0.3 is 0 Å². The van der Waals surface area contributed by atoms with Gasteiger partial charge in [-0.3, -0.25) is 9.69 Å². The molecule has 0 radical (unpaired) electrons. The average molecular weight is 515 g/mol. The number of hydrogen-bond donors (Lipinski definition) is 0. The van der Waals surface area contributed by atoms with Gasteiger partial charge in [0, 0.05) is 55.8 Å². The SMILES string of the molecule is C[C@H]1CN(C(c2ccc(F)cc2)c2cnc(C3CC3)s2)CCN1c1cc(=O)n(C)c2ccc(C#N)nc12. The number of halogens is 1. The number of pyridine rings is 2. The van der Waals surface area contributed by atoms with Crippen LogP contribution in [0.1, 0.15) is 52.9 Å². The fourth-order valence-corrected chi connectivity index (χ4v) is 6.57. The topological polar surface area (TPSA) is 78.0 Å². The van der Waals surface area contributed by atoms with Gasteiger partial charge in [-0.15, -0.1) is 11.3 Å². The van der Waals surface area contributed by atoms with Crippen molar-refractivity contribution in [2.45, 2.75) is 37.8 Å². The number of thiazole rings is 1. The molecule has 0 bridgehead atoms. The normalized spacial score (nSPS) is 19.2. The summed E-state index contributed by atoms with van der Waals surface area (Å²) in [5, 5.41) is 10.6. The van der Waals surface area contributed by atoms with Gasteiger partial charge in [0.2, 0.25) is 0 Å². The van der Waals surface area contributed by atoms with Crippen molar-refractivity contribution in [3.8, 4) is 6.07 Å². The Labute approximate surface area is 218 Å². The Bertz CT molecular complexity index is 1570. The molecule has 188 valence electrons. The zero-order valence-electron chi connectivity index (χ0n) is 20.8. The summed E-state index contributed by atoms with van der Waals surface area (Å²) in [6, 6.07) is 14.0. The first-order chi connectivity index (χ1) is 17.9. The maximum atomic E-state index is 13.8. The van der Waals surface area contributed by atoms with E-state index in [1.54, 1.807) is 41.2 Å². The zero-order chi connectivity index (χ0) is 25.7. The molecule has 7 nitrogen and oxygen atoms in total. The van der Waals surface area contributed by atoms with E-state index in [1.807, 2.05) is 18.3 Å². The molecule has 2 atom stereocenters. The van der Waals surface area contributed by atoms with Crippen LogP contribution in [0, 0.1) is 17.1 Å². The molecule has 1 aliphatic carbocycles. The Kier molecular flexibility index (Phi) is 6.01. The first-order valence-corrected chi connectivity index (χ1v) is 13.4. The number of fused-ring (bicyclic) bond motifs is 1. The van der Waals surface area contributed by atoms with E-state index in [0.29, 0.717) is 29.2 Å². The van der Waals surface area contributed by atoms with E-state index in [4.69, 9.17) is 4.98 Å². The van der Waals surface area contributed by atoms with Crippen molar-refractivity contribution in [2.24, 2.45) is 7.05 Å². The summed E-state index contributed by atoms with van der Waals surface area (Å²) in [5.74, 6) is 0.341. The van der Waals surface area contributed by atoms with Crippen molar-refractivity contribution in [3.63, 3.8) is 0 Å². The number of aromatic nitrogens is 3. The van der Waals surface area contributed by atoms with E-state index in [0.717, 1.165) is 24.3 Å². The molecule has 3 aromatic heterocycles. The highest BCUT2D eigenvalue weighted by atomic mass is 32.1. The minimum atomic E-state index is -0.245. The molecule has 2 aliphatic rings. The summed E-state index contributed by atoms with van der Waals surface area (Å²) < 4.78 is 15.3. The van der Waals surface area contributed by atoms with E-state index < -0.39 is 0 Å². The third kappa shape index (κ3) is 4.41. The molecule has 1 aromatic carbocycles. The molecule has 4 heterocycles. The standard InChI is InChI=1S/C28H27FN6OS/c1-17-16-34(27(18-5-7-20(29)8-6-18)24-15-31-28(37-24)19-3-4-19)11-12-35(17)23-13-25(36)33(2)22-10-9-21(14-30)32-26(22)23/h5-10,13,15,17,19,27H,3-4,11-12,16H2,1-2H3/t17-,27?/m0/s1. The Morgan fingerprint density at radius 1 is 1.16 bits per heavy atom. The molecule has 0 amide bonds. The van der Waals surface area contributed by atoms with Crippen molar-refractivity contribution in [3.05, 3.63) is 86.0 Å². The molecule has 9 heteroatoms. The number of piperazine rings is 1. The average Bonchev–Trinajstić information content (AvgIpc) is 3.65. The van der Waals surface area contributed by atoms with Crippen molar-refractivity contribution < 1.29 is 4.39 Å². The fourth-order valence-electron chi connectivity index (χ4n) is 5.32. The van der Waals surface area contributed by atoms with Gasteiger partial charge in [0.25, 0.3) is 5.56 Å². The molecule has 4 aromatic rings. The predicted octanol–water partition coefficient (Wildman–Crippen LogP) is 4.58. The number of hydrogen-bond acceptors (Lipinski definition) is 7. The molecule has 6 rings (SSSR count). The fraction of sp³-hybridized carbons (Fsp3) is 0.357. The number of aryl methyl sites for hydroxylation is 1. The minimum Gasteiger partial charge on any atom is -0.364 e. The number of nitrogens with zero attached hydrogens (tertiary/aromatic N) is 6. The quantitative estimate of drug-likeness (QED) is 0.388. The van der Waals surface area contributed by atoms with E-state index >= 15 is 0 Å². The van der Waals surface area contributed by atoms with Crippen LogP contribution in [-0.4, -0.2) is 45.1 Å². The molecule has 37 heavy (non-hydrogen) atoms. The van der Waals surface area contributed by atoms with E-state index in [-0.39, 0.29) is 23.5 Å². The molecule has 2 fully saturated rings. The van der Waals surface area contributed by atoms with Crippen LogP contribution in [-0.2, 0) is 7.05 Å². The predicted molar refractivity (Wildman–Crippen MR) is 142 cm³/mol. The van der Waals surface area contributed by atoms with Crippen LogP contribution < -0.4 is 10.5 Å². The highest BCUT2D eigenvalue weighted by Crippen LogP contribution is 2.44. The smallest absolute Gasteiger partial charge is 0.252 e. The van der Waals surface area contributed by atoms with Crippen molar-refractivity contribution >= 4 is 28.1 Å². The number of benzene rings is 1. The van der Waals surface area contributed by atoms with Crippen LogP contribution in [0.3, 0.4) is 0 Å². The summed E-state index contributed by atoms with van der Waals surface area (Å²) >= 11 is 1.77. The van der Waals surface area contributed by atoms with Gasteiger partial charge in [0.05, 0.1) is 22.3 Å². The Morgan fingerprint density at radius 3 is 2.65 bits per heavy atom. The number of anilines is 1. The molecule has 1 unspecified atom stereocenters. The lowest BCUT2D eigenvalue weighted by molar-refractivity contribution is 0.190. The highest BCUT2D eigenvalue weighted by Gasteiger charge is 2.34. The maximum Gasteiger partial charge on any atom is 0.252 e. The monoisotopic (exact) mass is 514 g/mol. The van der Waals surface area contributed by atoms with Crippen LogP contribution in [0.5, 0.6) is 0 Å². The lowest BCUT2D eigenvalue weighted by atomic mass is 10.0.